The zero-order valence-corrected chi connectivity index (χ0v) is 20.5. The van der Waals surface area contributed by atoms with E-state index in [0.29, 0.717) is 6.54 Å². The highest BCUT2D eigenvalue weighted by Crippen LogP contribution is 2.49. The summed E-state index contributed by atoms with van der Waals surface area (Å²) in [6, 6.07) is 18.9. The number of amides is 1. The second-order valence-electron chi connectivity index (χ2n) is 10.2. The highest BCUT2D eigenvalue weighted by atomic mass is 16.5. The van der Waals surface area contributed by atoms with Crippen LogP contribution in [0, 0.1) is 0 Å². The summed E-state index contributed by atoms with van der Waals surface area (Å²) in [6.07, 6.45) is 4.60. The van der Waals surface area contributed by atoms with Crippen LogP contribution in [0.5, 0.6) is 5.75 Å². The number of nitrogens with zero attached hydrogens (tertiary/aromatic N) is 2. The molecule has 5 rings (SSSR count). The summed E-state index contributed by atoms with van der Waals surface area (Å²) in [4.78, 5) is 16.9. The number of nitrogens with one attached hydrogen (secondary N) is 1. The molecule has 6 nitrogen and oxygen atoms in total. The Labute approximate surface area is 203 Å². The summed E-state index contributed by atoms with van der Waals surface area (Å²) in [6.45, 7) is 4.40. The van der Waals surface area contributed by atoms with Gasteiger partial charge in [-0.2, -0.15) is 0 Å². The maximum atomic E-state index is 12.5. The van der Waals surface area contributed by atoms with Gasteiger partial charge in [0.15, 0.2) is 0 Å². The average Bonchev–Trinajstić information content (AvgIpc) is 3.63. The summed E-state index contributed by atoms with van der Waals surface area (Å²) in [5.41, 5.74) is 1.74. The van der Waals surface area contributed by atoms with Crippen LogP contribution in [-0.4, -0.2) is 67.2 Å². The molecule has 3 fully saturated rings. The number of carbonyl (C=O) groups excluding carboxylic acids is 1. The fraction of sp³-hybridized carbons (Fsp3) is 0.536. The van der Waals surface area contributed by atoms with Crippen molar-refractivity contribution < 1.29 is 14.3 Å². The van der Waals surface area contributed by atoms with E-state index in [4.69, 9.17) is 9.47 Å². The van der Waals surface area contributed by atoms with Crippen LogP contribution >= 0.6 is 0 Å². The van der Waals surface area contributed by atoms with E-state index in [0.717, 1.165) is 64.0 Å². The molecule has 1 amide bonds. The van der Waals surface area contributed by atoms with E-state index in [1.807, 2.05) is 25.1 Å². The van der Waals surface area contributed by atoms with Gasteiger partial charge < -0.3 is 19.7 Å². The van der Waals surface area contributed by atoms with Crippen molar-refractivity contribution in [3.8, 4) is 5.75 Å². The van der Waals surface area contributed by atoms with Crippen molar-refractivity contribution >= 4 is 5.91 Å². The first kappa shape index (κ1) is 23.3. The number of para-hydroxylation sites is 1. The molecule has 1 saturated carbocycles. The van der Waals surface area contributed by atoms with Crippen molar-refractivity contribution in [2.45, 2.75) is 56.0 Å². The predicted molar refractivity (Wildman–Crippen MR) is 133 cm³/mol. The number of piperidine rings is 1. The first-order valence-corrected chi connectivity index (χ1v) is 12.6. The van der Waals surface area contributed by atoms with Crippen LogP contribution in [-0.2, 0) is 16.1 Å². The number of benzene rings is 2. The summed E-state index contributed by atoms with van der Waals surface area (Å²) in [7, 11) is 3.91. The van der Waals surface area contributed by atoms with Crippen molar-refractivity contribution in [3.05, 3.63) is 65.7 Å². The molecule has 1 aliphatic carbocycles. The molecule has 1 N–H and O–H groups in total. The molecule has 182 valence electrons. The van der Waals surface area contributed by atoms with Gasteiger partial charge in [-0.3, -0.25) is 9.69 Å². The lowest BCUT2D eigenvalue weighted by Gasteiger charge is -2.49. The Hall–Kier alpha value is -2.41. The van der Waals surface area contributed by atoms with Gasteiger partial charge in [0, 0.05) is 45.2 Å². The normalized spacial score (nSPS) is 22.2. The minimum absolute atomic E-state index is 0.0119. The number of morpholine rings is 1. The van der Waals surface area contributed by atoms with Gasteiger partial charge in [0.1, 0.15) is 17.5 Å². The number of carbonyl (C=O) groups is 1. The Morgan fingerprint density at radius 1 is 1.03 bits per heavy atom. The van der Waals surface area contributed by atoms with Gasteiger partial charge in [-0.25, -0.2) is 0 Å². The van der Waals surface area contributed by atoms with Crippen LogP contribution in [0.25, 0.3) is 0 Å². The van der Waals surface area contributed by atoms with Gasteiger partial charge >= 0.3 is 0 Å². The molecule has 2 aromatic rings. The van der Waals surface area contributed by atoms with Gasteiger partial charge in [0.05, 0.1) is 5.60 Å². The van der Waals surface area contributed by atoms with E-state index in [1.165, 1.54) is 11.1 Å². The van der Waals surface area contributed by atoms with E-state index in [2.05, 4.69) is 58.7 Å². The molecular formula is C28H37N3O3. The van der Waals surface area contributed by atoms with E-state index in [1.54, 1.807) is 0 Å². The molecule has 0 aromatic heterocycles. The third kappa shape index (κ3) is 4.85. The van der Waals surface area contributed by atoms with Crippen LogP contribution in [0.15, 0.2) is 54.6 Å². The van der Waals surface area contributed by atoms with Crippen LogP contribution in [0.2, 0.25) is 0 Å². The third-order valence-corrected chi connectivity index (χ3v) is 7.61. The Morgan fingerprint density at radius 2 is 1.74 bits per heavy atom. The highest BCUT2D eigenvalue weighted by molar-refractivity contribution is 5.88. The lowest BCUT2D eigenvalue weighted by atomic mass is 9.88. The second-order valence-corrected chi connectivity index (χ2v) is 10.2. The van der Waals surface area contributed by atoms with Gasteiger partial charge in [0.25, 0.3) is 5.91 Å². The van der Waals surface area contributed by atoms with Crippen molar-refractivity contribution in [2.24, 2.45) is 0 Å². The van der Waals surface area contributed by atoms with Gasteiger partial charge in [-0.05, 0) is 50.9 Å². The molecule has 2 heterocycles. The van der Waals surface area contributed by atoms with E-state index >= 15 is 0 Å². The molecule has 2 spiro atoms. The first-order valence-electron chi connectivity index (χ1n) is 12.6. The summed E-state index contributed by atoms with van der Waals surface area (Å²) in [5, 5.41) is 3.25. The second kappa shape index (κ2) is 9.68. The number of hydrogen-bond acceptors (Lipinski definition) is 5. The standard InChI is InChI=1S/C28H37N3O3/c1-29-17-12-25(22-8-4-3-5-9-22)33-24-11-7-6-10-23(24)20-31-18-15-27(16-19-31)21-30(2)26(32)28(34-27)13-14-28/h3-11,25,29H,12-21H2,1-2H3. The molecule has 1 atom stereocenters. The maximum absolute atomic E-state index is 12.5. The maximum Gasteiger partial charge on any atom is 0.254 e. The lowest BCUT2D eigenvalue weighted by Crippen LogP contribution is -2.61. The summed E-state index contributed by atoms with van der Waals surface area (Å²) < 4.78 is 13.1. The molecular weight excluding hydrogens is 426 g/mol. The first-order chi connectivity index (χ1) is 16.5. The third-order valence-electron chi connectivity index (χ3n) is 7.61. The molecule has 2 saturated heterocycles. The van der Waals surface area contributed by atoms with Gasteiger partial charge in [-0.1, -0.05) is 48.5 Å². The molecule has 3 aliphatic rings. The zero-order chi connectivity index (χ0) is 23.6. The van der Waals surface area contributed by atoms with Crippen LogP contribution in [0.1, 0.15) is 49.3 Å². The molecule has 34 heavy (non-hydrogen) atoms. The molecule has 2 aromatic carbocycles. The largest absolute Gasteiger partial charge is 0.485 e. The molecule has 1 unspecified atom stereocenters. The number of ether oxygens (including phenoxy) is 2. The van der Waals surface area contributed by atoms with Crippen LogP contribution in [0.4, 0.5) is 0 Å². The van der Waals surface area contributed by atoms with Crippen molar-refractivity contribution in [1.82, 2.24) is 15.1 Å². The Balaban J connectivity index is 1.24. The lowest BCUT2D eigenvalue weighted by molar-refractivity contribution is -0.198. The number of likely N-dealkylation sites (tertiary alicyclic amines) is 1. The van der Waals surface area contributed by atoms with Gasteiger partial charge in [0.2, 0.25) is 0 Å². The molecule has 0 radical (unpaired) electrons. The predicted octanol–water partition coefficient (Wildman–Crippen LogP) is 3.77. The van der Waals surface area contributed by atoms with Crippen molar-refractivity contribution in [2.75, 3.05) is 40.3 Å². The fourth-order valence-corrected chi connectivity index (χ4v) is 5.53. The highest BCUT2D eigenvalue weighted by Gasteiger charge is 2.61. The quantitative estimate of drug-likeness (QED) is 0.646. The number of rotatable bonds is 8. The number of hydrogen-bond donors (Lipinski definition) is 1. The SMILES string of the molecule is CNCCC(Oc1ccccc1CN1CCC2(CC1)CN(C)C(=O)C1(CC1)O2)c1ccccc1. The van der Waals surface area contributed by atoms with E-state index in [-0.39, 0.29) is 17.6 Å². The van der Waals surface area contributed by atoms with Crippen molar-refractivity contribution in [1.29, 1.82) is 0 Å². The van der Waals surface area contributed by atoms with E-state index < -0.39 is 5.60 Å². The Bertz CT molecular complexity index is 983. The monoisotopic (exact) mass is 463 g/mol. The van der Waals surface area contributed by atoms with Gasteiger partial charge in [-0.15, -0.1) is 0 Å². The van der Waals surface area contributed by atoms with E-state index in [9.17, 15) is 4.79 Å². The fourth-order valence-electron chi connectivity index (χ4n) is 5.53. The topological polar surface area (TPSA) is 54.0 Å². The molecule has 2 aliphatic heterocycles. The molecule has 0 bridgehead atoms. The number of likely N-dealkylation sites (N-methyl/N-ethyl adjacent to an activating group) is 1. The zero-order valence-electron chi connectivity index (χ0n) is 20.5. The van der Waals surface area contributed by atoms with Crippen LogP contribution < -0.4 is 10.1 Å². The minimum Gasteiger partial charge on any atom is -0.485 e. The Morgan fingerprint density at radius 3 is 2.44 bits per heavy atom. The summed E-state index contributed by atoms with van der Waals surface area (Å²) in [5.74, 6) is 1.14. The van der Waals surface area contributed by atoms with Crippen molar-refractivity contribution in [3.63, 3.8) is 0 Å². The Kier molecular flexibility index (Phi) is 6.65. The smallest absolute Gasteiger partial charge is 0.254 e. The minimum atomic E-state index is -0.505. The van der Waals surface area contributed by atoms with Crippen LogP contribution in [0.3, 0.4) is 0 Å². The average molecular weight is 464 g/mol. The summed E-state index contributed by atoms with van der Waals surface area (Å²) >= 11 is 0. The molecule has 6 heteroatoms.